The average molecular weight is 378 g/mol. The van der Waals surface area contributed by atoms with Crippen LogP contribution < -0.4 is 0 Å². The molecule has 0 spiro atoms. The fourth-order valence-electron chi connectivity index (χ4n) is 1.93. The van der Waals surface area contributed by atoms with Crippen LogP contribution in [0, 0.1) is 27.7 Å². The third-order valence-electron chi connectivity index (χ3n) is 3.00. The molecule has 2 aromatic rings. The van der Waals surface area contributed by atoms with Crippen LogP contribution in [-0.2, 0) is 0 Å². The van der Waals surface area contributed by atoms with Gasteiger partial charge in [0.1, 0.15) is 11.5 Å². The van der Waals surface area contributed by atoms with Crippen molar-refractivity contribution in [1.82, 2.24) is 0 Å². The second kappa shape index (κ2) is 4.90. The lowest BCUT2D eigenvalue weighted by atomic mass is 10.1. The summed E-state index contributed by atoms with van der Waals surface area (Å²) in [6, 6.07) is 2.22. The zero-order valence-electron chi connectivity index (χ0n) is 10.2. The standard InChI is InChI=1S/C13H14Br2OS/c1-6-5-10(17-13(6)15)12(14)11-7(2)8(3)16-9(11)4/h5,12H,1-4H3. The maximum absolute atomic E-state index is 5.69. The van der Waals surface area contributed by atoms with E-state index in [0.717, 1.165) is 11.5 Å². The van der Waals surface area contributed by atoms with Crippen LogP contribution >= 0.6 is 43.2 Å². The molecule has 0 aliphatic rings. The Morgan fingerprint density at radius 2 is 1.82 bits per heavy atom. The first kappa shape index (κ1) is 13.4. The summed E-state index contributed by atoms with van der Waals surface area (Å²) in [5.41, 5.74) is 3.78. The van der Waals surface area contributed by atoms with E-state index in [4.69, 9.17) is 4.42 Å². The monoisotopic (exact) mass is 376 g/mol. The SMILES string of the molecule is Cc1cc(C(Br)c2c(C)oc(C)c2C)sc1Br. The summed E-state index contributed by atoms with van der Waals surface area (Å²) in [7, 11) is 0. The molecule has 92 valence electrons. The van der Waals surface area contributed by atoms with Gasteiger partial charge in [0, 0.05) is 10.4 Å². The summed E-state index contributed by atoms with van der Waals surface area (Å²) in [4.78, 5) is 1.52. The van der Waals surface area contributed by atoms with Crippen LogP contribution in [0.25, 0.3) is 0 Å². The van der Waals surface area contributed by atoms with Gasteiger partial charge >= 0.3 is 0 Å². The highest BCUT2D eigenvalue weighted by Gasteiger charge is 2.22. The van der Waals surface area contributed by atoms with Gasteiger partial charge < -0.3 is 4.42 Å². The van der Waals surface area contributed by atoms with Crippen molar-refractivity contribution >= 4 is 43.2 Å². The lowest BCUT2D eigenvalue weighted by Gasteiger charge is -2.07. The maximum Gasteiger partial charge on any atom is 0.106 e. The zero-order valence-corrected chi connectivity index (χ0v) is 14.2. The Morgan fingerprint density at radius 3 is 2.24 bits per heavy atom. The van der Waals surface area contributed by atoms with E-state index in [-0.39, 0.29) is 4.83 Å². The van der Waals surface area contributed by atoms with Gasteiger partial charge in [-0.25, -0.2) is 0 Å². The molecule has 0 amide bonds. The van der Waals surface area contributed by atoms with Crippen molar-refractivity contribution in [3.8, 4) is 0 Å². The maximum atomic E-state index is 5.69. The van der Waals surface area contributed by atoms with Crippen LogP contribution in [0.3, 0.4) is 0 Å². The van der Waals surface area contributed by atoms with E-state index in [2.05, 4.69) is 51.8 Å². The van der Waals surface area contributed by atoms with Gasteiger partial charge in [-0.2, -0.15) is 0 Å². The van der Waals surface area contributed by atoms with Crippen molar-refractivity contribution in [2.45, 2.75) is 32.5 Å². The molecule has 0 saturated carbocycles. The van der Waals surface area contributed by atoms with Gasteiger partial charge in [-0.05, 0) is 60.8 Å². The predicted octanol–water partition coefficient (Wildman–Crippen LogP) is 5.82. The molecule has 2 rings (SSSR count). The Kier molecular flexibility index (Phi) is 3.86. The number of aryl methyl sites for hydroxylation is 3. The molecule has 17 heavy (non-hydrogen) atoms. The van der Waals surface area contributed by atoms with Gasteiger partial charge in [0.25, 0.3) is 0 Å². The topological polar surface area (TPSA) is 13.1 Å². The first-order valence-electron chi connectivity index (χ1n) is 5.38. The Morgan fingerprint density at radius 1 is 1.18 bits per heavy atom. The van der Waals surface area contributed by atoms with Crippen LogP contribution in [0.4, 0.5) is 0 Å². The van der Waals surface area contributed by atoms with E-state index in [1.165, 1.54) is 25.4 Å². The lowest BCUT2D eigenvalue weighted by molar-refractivity contribution is 0.500. The normalized spacial score (nSPS) is 13.1. The van der Waals surface area contributed by atoms with E-state index < -0.39 is 0 Å². The average Bonchev–Trinajstić information content (AvgIpc) is 2.70. The molecule has 0 fully saturated rings. The van der Waals surface area contributed by atoms with Gasteiger partial charge in [-0.1, -0.05) is 15.9 Å². The third kappa shape index (κ3) is 2.40. The summed E-state index contributed by atoms with van der Waals surface area (Å²) < 4.78 is 6.89. The van der Waals surface area contributed by atoms with E-state index in [0.29, 0.717) is 0 Å². The zero-order chi connectivity index (χ0) is 12.7. The summed E-state index contributed by atoms with van der Waals surface area (Å²) >= 11 is 9.13. The highest BCUT2D eigenvalue weighted by atomic mass is 79.9. The molecule has 0 saturated heterocycles. The van der Waals surface area contributed by atoms with Crippen molar-refractivity contribution in [2.24, 2.45) is 0 Å². The Balaban J connectivity index is 2.46. The molecule has 1 nitrogen and oxygen atoms in total. The Bertz CT molecular complexity index is 535. The van der Waals surface area contributed by atoms with Crippen LogP contribution in [0.5, 0.6) is 0 Å². The molecule has 4 heteroatoms. The number of thiophene rings is 1. The molecule has 0 aliphatic carbocycles. The van der Waals surface area contributed by atoms with Crippen molar-refractivity contribution in [3.63, 3.8) is 0 Å². The molecular formula is C13H14Br2OS. The van der Waals surface area contributed by atoms with Crippen molar-refractivity contribution < 1.29 is 4.42 Å². The fourth-order valence-corrected chi connectivity index (χ4v) is 4.57. The number of hydrogen-bond acceptors (Lipinski definition) is 2. The predicted molar refractivity (Wildman–Crippen MR) is 80.4 cm³/mol. The number of halogens is 2. The van der Waals surface area contributed by atoms with Crippen LogP contribution in [0.2, 0.25) is 0 Å². The van der Waals surface area contributed by atoms with Crippen molar-refractivity contribution in [3.05, 3.63) is 42.9 Å². The molecule has 2 heterocycles. The van der Waals surface area contributed by atoms with E-state index in [1.807, 2.05) is 13.8 Å². The number of hydrogen-bond donors (Lipinski definition) is 0. The highest BCUT2D eigenvalue weighted by Crippen LogP contribution is 2.42. The lowest BCUT2D eigenvalue weighted by Crippen LogP contribution is -1.92. The smallest absolute Gasteiger partial charge is 0.106 e. The van der Waals surface area contributed by atoms with E-state index in [1.54, 1.807) is 11.3 Å². The van der Waals surface area contributed by atoms with Crippen molar-refractivity contribution in [1.29, 1.82) is 0 Å². The first-order valence-corrected chi connectivity index (χ1v) is 7.90. The summed E-state index contributed by atoms with van der Waals surface area (Å²) in [6.45, 7) is 8.27. The molecule has 0 radical (unpaired) electrons. The Labute approximate surface area is 122 Å². The molecule has 0 bridgehead atoms. The minimum absolute atomic E-state index is 0.218. The van der Waals surface area contributed by atoms with Gasteiger partial charge in [-0.15, -0.1) is 11.3 Å². The summed E-state index contributed by atoms with van der Waals surface area (Å²) in [5.74, 6) is 2.01. The van der Waals surface area contributed by atoms with Gasteiger partial charge in [0.05, 0.1) is 8.61 Å². The fraction of sp³-hybridized carbons (Fsp3) is 0.385. The Hall–Kier alpha value is -0.0600. The molecular weight excluding hydrogens is 364 g/mol. The highest BCUT2D eigenvalue weighted by molar-refractivity contribution is 9.11. The van der Waals surface area contributed by atoms with Gasteiger partial charge in [0.15, 0.2) is 0 Å². The summed E-state index contributed by atoms with van der Waals surface area (Å²) in [6.07, 6.45) is 0. The molecule has 1 atom stereocenters. The quantitative estimate of drug-likeness (QED) is 0.600. The number of furan rings is 1. The molecule has 2 aromatic heterocycles. The molecule has 0 aromatic carbocycles. The van der Waals surface area contributed by atoms with Crippen molar-refractivity contribution in [2.75, 3.05) is 0 Å². The third-order valence-corrected chi connectivity index (χ3v) is 6.45. The van der Waals surface area contributed by atoms with Gasteiger partial charge in [0.2, 0.25) is 0 Å². The molecule has 1 unspecified atom stereocenters. The van der Waals surface area contributed by atoms with E-state index >= 15 is 0 Å². The first-order chi connectivity index (χ1) is 7.91. The minimum atomic E-state index is 0.218. The van der Waals surface area contributed by atoms with E-state index in [9.17, 15) is 0 Å². The second-order valence-corrected chi connectivity index (χ2v) is 7.54. The van der Waals surface area contributed by atoms with Crippen LogP contribution in [-0.4, -0.2) is 0 Å². The van der Waals surface area contributed by atoms with Crippen LogP contribution in [0.1, 0.15) is 37.9 Å². The number of rotatable bonds is 2. The molecule has 0 N–H and O–H groups in total. The largest absolute Gasteiger partial charge is 0.466 e. The summed E-state index contributed by atoms with van der Waals surface area (Å²) in [5, 5.41) is 0. The van der Waals surface area contributed by atoms with Gasteiger partial charge in [-0.3, -0.25) is 0 Å². The second-order valence-electron chi connectivity index (χ2n) is 4.22. The van der Waals surface area contributed by atoms with Crippen LogP contribution in [0.15, 0.2) is 14.3 Å². The molecule has 0 aliphatic heterocycles. The minimum Gasteiger partial charge on any atom is -0.466 e. The number of alkyl halides is 1.